The lowest BCUT2D eigenvalue weighted by Crippen LogP contribution is -2.48. The molecule has 1 amide bonds. The number of hydrogen-bond acceptors (Lipinski definition) is 4. The van der Waals surface area contributed by atoms with Gasteiger partial charge in [-0.3, -0.25) is 14.3 Å². The minimum atomic E-state index is -2.59. The Morgan fingerprint density at radius 3 is 2.65 bits per heavy atom. The Kier molecular flexibility index (Phi) is 4.76. The molecule has 6 nitrogen and oxygen atoms in total. The van der Waals surface area contributed by atoms with Crippen LogP contribution < -0.4 is 0 Å². The van der Waals surface area contributed by atoms with E-state index in [1.165, 1.54) is 12.4 Å². The number of carbonyl (C=O) groups is 1. The number of alkyl halides is 2. The monoisotopic (exact) mass is 388 g/mol. The van der Waals surface area contributed by atoms with Gasteiger partial charge in [0.2, 0.25) is 0 Å². The number of halogens is 3. The van der Waals surface area contributed by atoms with Crippen LogP contribution in [0.25, 0.3) is 0 Å². The van der Waals surface area contributed by atoms with E-state index in [1.54, 1.807) is 17.0 Å². The standard InChI is InChI=1S/C14H15BrF2N4O2/c15-11-2-1-10(23-11)13(22)20-7-5-19(6-8-20)9-12-18-3-4-21(12)14(16)17/h1-4,14H,5-9H2. The second-order valence-electron chi connectivity index (χ2n) is 5.20. The SMILES string of the molecule is O=C(c1ccc(Br)o1)N1CCN(Cc2nccn2C(F)F)CC1. The molecule has 0 aliphatic carbocycles. The summed E-state index contributed by atoms with van der Waals surface area (Å²) in [4.78, 5) is 19.9. The third kappa shape index (κ3) is 3.61. The molecular weight excluding hydrogens is 374 g/mol. The summed E-state index contributed by atoms with van der Waals surface area (Å²) in [7, 11) is 0. The average Bonchev–Trinajstić information content (AvgIpc) is 3.16. The highest BCUT2D eigenvalue weighted by atomic mass is 79.9. The summed E-state index contributed by atoms with van der Waals surface area (Å²) in [6.07, 6.45) is 2.64. The molecule has 0 bridgehead atoms. The molecule has 0 atom stereocenters. The molecule has 1 aliphatic heterocycles. The molecule has 1 aliphatic rings. The number of aromatic nitrogens is 2. The first kappa shape index (κ1) is 16.1. The Bertz CT molecular complexity index is 680. The van der Waals surface area contributed by atoms with Crippen molar-refractivity contribution in [2.45, 2.75) is 13.1 Å². The highest BCUT2D eigenvalue weighted by Gasteiger charge is 2.25. The maximum absolute atomic E-state index is 12.8. The number of rotatable bonds is 4. The van der Waals surface area contributed by atoms with Crippen molar-refractivity contribution in [3.05, 3.63) is 40.8 Å². The first-order valence-electron chi connectivity index (χ1n) is 7.11. The number of carbonyl (C=O) groups excluding carboxylic acids is 1. The summed E-state index contributed by atoms with van der Waals surface area (Å²) < 4.78 is 32.3. The minimum absolute atomic E-state index is 0.163. The van der Waals surface area contributed by atoms with Gasteiger partial charge < -0.3 is 9.32 Å². The number of piperazine rings is 1. The minimum Gasteiger partial charge on any atom is -0.444 e. The van der Waals surface area contributed by atoms with Crippen molar-refractivity contribution >= 4 is 21.8 Å². The largest absolute Gasteiger partial charge is 0.444 e. The molecule has 0 radical (unpaired) electrons. The zero-order chi connectivity index (χ0) is 16.4. The van der Waals surface area contributed by atoms with Gasteiger partial charge in [0.25, 0.3) is 5.91 Å². The van der Waals surface area contributed by atoms with Gasteiger partial charge in [0, 0.05) is 38.6 Å². The van der Waals surface area contributed by atoms with Gasteiger partial charge in [0.05, 0.1) is 6.54 Å². The van der Waals surface area contributed by atoms with Crippen LogP contribution >= 0.6 is 15.9 Å². The molecule has 1 fully saturated rings. The molecular formula is C14H15BrF2N4O2. The molecule has 2 aromatic heterocycles. The number of nitrogens with zero attached hydrogens (tertiary/aromatic N) is 4. The van der Waals surface area contributed by atoms with E-state index in [1.807, 2.05) is 4.90 Å². The van der Waals surface area contributed by atoms with E-state index in [4.69, 9.17) is 4.42 Å². The van der Waals surface area contributed by atoms with Gasteiger partial charge in [0.1, 0.15) is 5.82 Å². The van der Waals surface area contributed by atoms with Crippen molar-refractivity contribution < 1.29 is 18.0 Å². The highest BCUT2D eigenvalue weighted by molar-refractivity contribution is 9.10. The van der Waals surface area contributed by atoms with Crippen LogP contribution in [0.15, 0.2) is 33.6 Å². The summed E-state index contributed by atoms with van der Waals surface area (Å²) >= 11 is 3.17. The zero-order valence-electron chi connectivity index (χ0n) is 12.2. The third-order valence-electron chi connectivity index (χ3n) is 3.77. The van der Waals surface area contributed by atoms with Crippen LogP contribution in [0, 0.1) is 0 Å². The second kappa shape index (κ2) is 6.79. The topological polar surface area (TPSA) is 54.5 Å². The Morgan fingerprint density at radius 2 is 2.04 bits per heavy atom. The third-order valence-corrected chi connectivity index (χ3v) is 4.19. The van der Waals surface area contributed by atoms with Gasteiger partial charge in [-0.15, -0.1) is 0 Å². The summed E-state index contributed by atoms with van der Waals surface area (Å²) in [6.45, 7) is -0.00850. The van der Waals surface area contributed by atoms with Gasteiger partial charge in [-0.2, -0.15) is 8.78 Å². The summed E-state index contributed by atoms with van der Waals surface area (Å²) in [5.41, 5.74) is 0. The van der Waals surface area contributed by atoms with Gasteiger partial charge in [-0.25, -0.2) is 4.98 Å². The fourth-order valence-corrected chi connectivity index (χ4v) is 2.84. The maximum atomic E-state index is 12.8. The Morgan fingerprint density at radius 1 is 1.30 bits per heavy atom. The van der Waals surface area contributed by atoms with E-state index < -0.39 is 6.55 Å². The number of furan rings is 1. The molecule has 0 spiro atoms. The lowest BCUT2D eigenvalue weighted by atomic mass is 10.3. The van der Waals surface area contributed by atoms with Crippen molar-refractivity contribution in [1.29, 1.82) is 0 Å². The number of imidazole rings is 1. The van der Waals surface area contributed by atoms with E-state index in [2.05, 4.69) is 20.9 Å². The molecule has 3 heterocycles. The van der Waals surface area contributed by atoms with Crippen LogP contribution in [-0.4, -0.2) is 51.4 Å². The van der Waals surface area contributed by atoms with Crippen LogP contribution in [0.1, 0.15) is 22.9 Å². The fourth-order valence-electron chi connectivity index (χ4n) is 2.54. The molecule has 2 aromatic rings. The Hall–Kier alpha value is -1.74. The van der Waals surface area contributed by atoms with E-state index in [0.29, 0.717) is 49.0 Å². The zero-order valence-corrected chi connectivity index (χ0v) is 13.7. The molecule has 0 saturated carbocycles. The van der Waals surface area contributed by atoms with E-state index in [0.717, 1.165) is 4.57 Å². The predicted octanol–water partition coefficient (Wildman–Crippen LogP) is 2.59. The van der Waals surface area contributed by atoms with Crippen LogP contribution in [0.3, 0.4) is 0 Å². The molecule has 9 heteroatoms. The quantitative estimate of drug-likeness (QED) is 0.807. The fraction of sp³-hybridized carbons (Fsp3) is 0.429. The van der Waals surface area contributed by atoms with Gasteiger partial charge in [-0.05, 0) is 28.1 Å². The molecule has 0 aromatic carbocycles. The van der Waals surface area contributed by atoms with Crippen molar-refractivity contribution in [2.75, 3.05) is 26.2 Å². The predicted molar refractivity (Wildman–Crippen MR) is 81.1 cm³/mol. The number of amides is 1. The maximum Gasteiger partial charge on any atom is 0.319 e. The van der Waals surface area contributed by atoms with E-state index in [-0.39, 0.29) is 5.91 Å². The smallest absolute Gasteiger partial charge is 0.319 e. The molecule has 23 heavy (non-hydrogen) atoms. The molecule has 0 unspecified atom stereocenters. The van der Waals surface area contributed by atoms with Crippen LogP contribution in [0.4, 0.5) is 8.78 Å². The first-order valence-corrected chi connectivity index (χ1v) is 7.90. The highest BCUT2D eigenvalue weighted by Crippen LogP contribution is 2.18. The van der Waals surface area contributed by atoms with Crippen molar-refractivity contribution in [2.24, 2.45) is 0 Å². The lowest BCUT2D eigenvalue weighted by Gasteiger charge is -2.34. The van der Waals surface area contributed by atoms with Gasteiger partial charge >= 0.3 is 6.55 Å². The number of hydrogen-bond donors (Lipinski definition) is 0. The van der Waals surface area contributed by atoms with E-state index >= 15 is 0 Å². The average molecular weight is 389 g/mol. The van der Waals surface area contributed by atoms with Crippen LogP contribution in [0.5, 0.6) is 0 Å². The van der Waals surface area contributed by atoms with Crippen molar-refractivity contribution in [3.63, 3.8) is 0 Å². The van der Waals surface area contributed by atoms with Crippen LogP contribution in [0.2, 0.25) is 0 Å². The molecule has 0 N–H and O–H groups in total. The molecule has 124 valence electrons. The summed E-state index contributed by atoms with van der Waals surface area (Å²) in [6, 6.07) is 3.30. The lowest BCUT2D eigenvalue weighted by molar-refractivity contribution is 0.0537. The molecule has 1 saturated heterocycles. The Balaban J connectivity index is 1.56. The summed E-state index contributed by atoms with van der Waals surface area (Å²) in [5, 5.41) is 0. The van der Waals surface area contributed by atoms with E-state index in [9.17, 15) is 13.6 Å². The van der Waals surface area contributed by atoms with Gasteiger partial charge in [0.15, 0.2) is 10.4 Å². The Labute approximate surface area is 139 Å². The molecule has 3 rings (SSSR count). The van der Waals surface area contributed by atoms with Crippen LogP contribution in [-0.2, 0) is 6.54 Å². The second-order valence-corrected chi connectivity index (χ2v) is 5.98. The van der Waals surface area contributed by atoms with Crippen molar-refractivity contribution in [3.8, 4) is 0 Å². The van der Waals surface area contributed by atoms with Crippen molar-refractivity contribution in [1.82, 2.24) is 19.4 Å². The van der Waals surface area contributed by atoms with Gasteiger partial charge in [-0.1, -0.05) is 0 Å². The normalized spacial score (nSPS) is 16.3. The summed E-state index contributed by atoms with van der Waals surface area (Å²) in [5.74, 6) is 0.456. The first-order chi connectivity index (χ1) is 11.0.